The number of nitriles is 1. The maximum absolute atomic E-state index is 13.4. The van der Waals surface area contributed by atoms with E-state index in [0.717, 1.165) is 11.3 Å². The van der Waals surface area contributed by atoms with E-state index in [2.05, 4.69) is 11.4 Å². The Balaban J connectivity index is 2.18. The molecule has 0 bridgehead atoms. The number of rotatable bonds is 4. The summed E-state index contributed by atoms with van der Waals surface area (Å²) >= 11 is 5.57. The molecule has 0 saturated carbocycles. The molecule has 0 spiro atoms. The Bertz CT molecular complexity index is 1050. The van der Waals surface area contributed by atoms with Gasteiger partial charge in [-0.1, -0.05) is 0 Å². The first kappa shape index (κ1) is 20.6. The third-order valence-electron chi connectivity index (χ3n) is 5.06. The molecule has 1 N–H and O–H groups in total. The lowest BCUT2D eigenvalue weighted by atomic mass is 9.94. The number of benzene rings is 1. The number of anilines is 1. The zero-order chi connectivity index (χ0) is 21.3. The van der Waals surface area contributed by atoms with E-state index in [4.69, 9.17) is 17.0 Å². The molecule has 1 aromatic heterocycles. The molecule has 2 aromatic rings. The SMILES string of the molecule is CCOC(=O)C1=C(C)N(c2ccc(F)cc2)C(=S)N[C@H]1c1cc(C#N)n(C)c1C. The van der Waals surface area contributed by atoms with E-state index in [1.54, 1.807) is 48.6 Å². The van der Waals surface area contributed by atoms with Crippen molar-refractivity contribution < 1.29 is 13.9 Å². The van der Waals surface area contributed by atoms with Crippen molar-refractivity contribution in [2.75, 3.05) is 11.5 Å². The highest BCUT2D eigenvalue weighted by Crippen LogP contribution is 2.36. The van der Waals surface area contributed by atoms with Crippen LogP contribution in [0.25, 0.3) is 0 Å². The van der Waals surface area contributed by atoms with E-state index < -0.39 is 12.0 Å². The summed E-state index contributed by atoms with van der Waals surface area (Å²) in [4.78, 5) is 14.6. The molecule has 150 valence electrons. The number of ether oxygens (including phenoxy) is 1. The van der Waals surface area contributed by atoms with Crippen molar-refractivity contribution in [1.29, 1.82) is 5.26 Å². The Morgan fingerprint density at radius 1 is 1.34 bits per heavy atom. The number of nitrogens with zero attached hydrogens (tertiary/aromatic N) is 3. The second kappa shape index (κ2) is 8.05. The quantitative estimate of drug-likeness (QED) is 0.611. The van der Waals surface area contributed by atoms with Gasteiger partial charge in [0.2, 0.25) is 0 Å². The highest BCUT2D eigenvalue weighted by atomic mass is 32.1. The Hall–Kier alpha value is -3.18. The highest BCUT2D eigenvalue weighted by molar-refractivity contribution is 7.80. The van der Waals surface area contributed by atoms with Crippen LogP contribution in [0.3, 0.4) is 0 Å². The van der Waals surface area contributed by atoms with Crippen LogP contribution in [-0.4, -0.2) is 22.3 Å². The Labute approximate surface area is 174 Å². The predicted molar refractivity (Wildman–Crippen MR) is 112 cm³/mol. The third kappa shape index (κ3) is 3.61. The van der Waals surface area contributed by atoms with Crippen molar-refractivity contribution in [2.24, 2.45) is 7.05 Å². The van der Waals surface area contributed by atoms with Gasteiger partial charge >= 0.3 is 5.97 Å². The minimum Gasteiger partial charge on any atom is -0.463 e. The van der Waals surface area contributed by atoms with Crippen molar-refractivity contribution in [3.8, 4) is 6.07 Å². The molecule has 0 unspecified atom stereocenters. The Morgan fingerprint density at radius 3 is 2.55 bits per heavy atom. The van der Waals surface area contributed by atoms with Gasteiger partial charge in [-0.25, -0.2) is 9.18 Å². The van der Waals surface area contributed by atoms with Crippen molar-refractivity contribution in [1.82, 2.24) is 9.88 Å². The van der Waals surface area contributed by atoms with Crippen molar-refractivity contribution >= 4 is 29.0 Å². The van der Waals surface area contributed by atoms with Gasteiger partial charge in [-0.05, 0) is 63.3 Å². The van der Waals surface area contributed by atoms with Gasteiger partial charge in [-0.15, -0.1) is 0 Å². The summed E-state index contributed by atoms with van der Waals surface area (Å²) in [5.41, 5.74) is 3.70. The van der Waals surface area contributed by atoms with Crippen molar-refractivity contribution in [2.45, 2.75) is 26.8 Å². The molecular weight excluding hydrogens is 391 g/mol. The molecule has 0 saturated heterocycles. The van der Waals surface area contributed by atoms with Crippen LogP contribution >= 0.6 is 12.2 Å². The predicted octanol–water partition coefficient (Wildman–Crippen LogP) is 3.62. The number of thiocarbonyl (C=S) groups is 1. The molecule has 0 aliphatic carbocycles. The summed E-state index contributed by atoms with van der Waals surface area (Å²) < 4.78 is 20.4. The van der Waals surface area contributed by atoms with Gasteiger partial charge < -0.3 is 14.6 Å². The molecule has 29 heavy (non-hydrogen) atoms. The van der Waals surface area contributed by atoms with Crippen LogP contribution < -0.4 is 10.2 Å². The fourth-order valence-corrected chi connectivity index (χ4v) is 3.83. The molecule has 1 aromatic carbocycles. The molecule has 1 atom stereocenters. The summed E-state index contributed by atoms with van der Waals surface area (Å²) in [6.45, 7) is 5.62. The largest absolute Gasteiger partial charge is 0.463 e. The first-order valence-electron chi connectivity index (χ1n) is 9.10. The lowest BCUT2D eigenvalue weighted by molar-refractivity contribution is -0.139. The molecule has 3 rings (SSSR count). The molecule has 2 heterocycles. The molecule has 1 aliphatic rings. The van der Waals surface area contributed by atoms with Gasteiger partial charge in [0.25, 0.3) is 0 Å². The van der Waals surface area contributed by atoms with Gasteiger partial charge in [0.05, 0.1) is 18.2 Å². The molecule has 0 amide bonds. The summed E-state index contributed by atoms with van der Waals surface area (Å²) in [6.07, 6.45) is 0. The standard InChI is InChI=1S/C21H21FN4O2S/c1-5-28-20(27)18-13(3)26(15-8-6-14(22)7-9-15)21(29)24-19(18)17-10-16(11-23)25(4)12(17)2/h6-10,19H,5H2,1-4H3,(H,24,29)/t19-/m0/s1. The van der Waals surface area contributed by atoms with Crippen LogP contribution in [0.1, 0.15) is 36.8 Å². The second-order valence-electron chi connectivity index (χ2n) is 6.66. The van der Waals surface area contributed by atoms with Crippen LogP contribution in [0.5, 0.6) is 0 Å². The fourth-order valence-electron chi connectivity index (χ4n) is 3.47. The molecule has 1 aliphatic heterocycles. The Morgan fingerprint density at radius 2 is 2.00 bits per heavy atom. The van der Waals surface area contributed by atoms with Crippen molar-refractivity contribution in [3.05, 3.63) is 64.4 Å². The third-order valence-corrected chi connectivity index (χ3v) is 5.37. The van der Waals surface area contributed by atoms with Crippen LogP contribution in [0.4, 0.5) is 10.1 Å². The van der Waals surface area contributed by atoms with Gasteiger partial charge in [0, 0.05) is 29.7 Å². The zero-order valence-electron chi connectivity index (χ0n) is 16.6. The van der Waals surface area contributed by atoms with E-state index in [1.807, 2.05) is 6.92 Å². The lowest BCUT2D eigenvalue weighted by Gasteiger charge is -2.37. The summed E-state index contributed by atoms with van der Waals surface area (Å²) in [7, 11) is 1.80. The second-order valence-corrected chi connectivity index (χ2v) is 7.04. The van der Waals surface area contributed by atoms with Crippen LogP contribution in [-0.2, 0) is 16.6 Å². The van der Waals surface area contributed by atoms with Crippen LogP contribution in [0, 0.1) is 24.1 Å². The van der Waals surface area contributed by atoms with Gasteiger partial charge in [0.1, 0.15) is 17.6 Å². The monoisotopic (exact) mass is 412 g/mol. The number of carbonyl (C=O) groups excluding carboxylic acids is 1. The average Bonchev–Trinajstić information content (AvgIpc) is 2.97. The van der Waals surface area contributed by atoms with Crippen LogP contribution in [0.15, 0.2) is 41.6 Å². The van der Waals surface area contributed by atoms with E-state index >= 15 is 0 Å². The Kier molecular flexibility index (Phi) is 5.71. The number of allylic oxidation sites excluding steroid dienone is 1. The topological polar surface area (TPSA) is 70.3 Å². The zero-order valence-corrected chi connectivity index (χ0v) is 17.4. The van der Waals surface area contributed by atoms with Crippen LogP contribution in [0.2, 0.25) is 0 Å². The first-order chi connectivity index (χ1) is 13.8. The number of aromatic nitrogens is 1. The summed E-state index contributed by atoms with van der Waals surface area (Å²) in [5, 5.41) is 12.9. The molecule has 0 fully saturated rings. The van der Waals surface area contributed by atoms with E-state index in [1.165, 1.54) is 12.1 Å². The van der Waals surface area contributed by atoms with E-state index in [0.29, 0.717) is 27.8 Å². The van der Waals surface area contributed by atoms with Gasteiger partial charge in [0.15, 0.2) is 5.11 Å². The minimum atomic E-state index is -0.563. The highest BCUT2D eigenvalue weighted by Gasteiger charge is 2.37. The van der Waals surface area contributed by atoms with Crippen molar-refractivity contribution in [3.63, 3.8) is 0 Å². The number of nitrogens with one attached hydrogen (secondary N) is 1. The molecule has 0 radical (unpaired) electrons. The van der Waals surface area contributed by atoms with E-state index in [-0.39, 0.29) is 12.4 Å². The molecule has 8 heteroatoms. The number of halogens is 1. The number of hydrogen-bond donors (Lipinski definition) is 1. The lowest BCUT2D eigenvalue weighted by Crippen LogP contribution is -2.48. The molecule has 6 nitrogen and oxygen atoms in total. The maximum Gasteiger partial charge on any atom is 0.338 e. The molecular formula is C21H21FN4O2S. The first-order valence-corrected chi connectivity index (χ1v) is 9.51. The smallest absolute Gasteiger partial charge is 0.338 e. The number of carbonyl (C=O) groups is 1. The average molecular weight is 412 g/mol. The minimum absolute atomic E-state index is 0.223. The number of hydrogen-bond acceptors (Lipinski definition) is 4. The summed E-state index contributed by atoms with van der Waals surface area (Å²) in [5.74, 6) is -0.836. The number of esters is 1. The maximum atomic E-state index is 13.4. The fraction of sp³-hybridized carbons (Fsp3) is 0.286. The van der Waals surface area contributed by atoms with Gasteiger partial charge in [-0.2, -0.15) is 5.26 Å². The van der Waals surface area contributed by atoms with E-state index in [9.17, 15) is 14.4 Å². The summed E-state index contributed by atoms with van der Waals surface area (Å²) in [6, 6.07) is 9.19. The van der Waals surface area contributed by atoms with Gasteiger partial charge in [-0.3, -0.25) is 4.90 Å². The normalized spacial score (nSPS) is 16.5.